The molecule has 0 spiro atoms. The Morgan fingerprint density at radius 1 is 1.14 bits per heavy atom. The lowest BCUT2D eigenvalue weighted by Crippen LogP contribution is -2.43. The Kier molecular flexibility index (Phi) is 6.27. The van der Waals surface area contributed by atoms with Crippen LogP contribution in [-0.4, -0.2) is 65.3 Å². The fourth-order valence-corrected chi connectivity index (χ4v) is 4.88. The molecule has 4 heterocycles. The molecule has 4 aromatic rings. The first-order chi connectivity index (χ1) is 17.3. The topological polar surface area (TPSA) is 132 Å². The Balaban J connectivity index is 1.47. The van der Waals surface area contributed by atoms with Crippen LogP contribution in [-0.2, 0) is 11.2 Å². The summed E-state index contributed by atoms with van der Waals surface area (Å²) < 4.78 is 3.30. The summed E-state index contributed by atoms with van der Waals surface area (Å²) in [4.78, 5) is 31.3. The molecular formula is C26H29N7O3. The van der Waals surface area contributed by atoms with E-state index in [0.717, 1.165) is 29.7 Å². The number of ketones is 1. The van der Waals surface area contributed by atoms with Crippen LogP contribution >= 0.6 is 0 Å². The molecule has 1 atom stereocenters. The van der Waals surface area contributed by atoms with Crippen LogP contribution in [0.15, 0.2) is 48.9 Å². The maximum atomic E-state index is 12.6. The SMILES string of the molecule is CC(=O)c1c(CC2CCN(C(=O)C(C)O)CC2)nc2c(-c3cnn(-c4ccccc4)c3)cnn2c1N. The number of para-hydroxylation sites is 1. The second-order valence-corrected chi connectivity index (χ2v) is 9.33. The highest BCUT2D eigenvalue weighted by atomic mass is 16.3. The molecule has 10 heteroatoms. The molecule has 186 valence electrons. The van der Waals surface area contributed by atoms with Gasteiger partial charge in [-0.2, -0.15) is 14.7 Å². The molecule has 1 saturated heterocycles. The molecule has 0 saturated carbocycles. The predicted octanol–water partition coefficient (Wildman–Crippen LogP) is 2.53. The summed E-state index contributed by atoms with van der Waals surface area (Å²) in [7, 11) is 0. The molecule has 3 aromatic heterocycles. The number of aliphatic hydroxyl groups is 1. The monoisotopic (exact) mass is 487 g/mol. The maximum absolute atomic E-state index is 12.6. The minimum atomic E-state index is -0.999. The number of likely N-dealkylation sites (tertiary alicyclic amines) is 1. The lowest BCUT2D eigenvalue weighted by Gasteiger charge is -2.32. The van der Waals surface area contributed by atoms with E-state index in [0.29, 0.717) is 36.4 Å². The van der Waals surface area contributed by atoms with Gasteiger partial charge in [0.25, 0.3) is 5.91 Å². The number of Topliss-reactive ketones (excluding diaryl/α,β-unsaturated/α-hetero) is 1. The second-order valence-electron chi connectivity index (χ2n) is 9.33. The van der Waals surface area contributed by atoms with Crippen molar-refractivity contribution in [1.29, 1.82) is 0 Å². The zero-order chi connectivity index (χ0) is 25.4. The number of carbonyl (C=O) groups excluding carboxylic acids is 2. The van der Waals surface area contributed by atoms with Crippen LogP contribution in [0.1, 0.15) is 42.7 Å². The van der Waals surface area contributed by atoms with Crippen LogP contribution in [0.2, 0.25) is 0 Å². The predicted molar refractivity (Wildman–Crippen MR) is 135 cm³/mol. The molecular weight excluding hydrogens is 458 g/mol. The number of nitrogen functional groups attached to an aromatic ring is 1. The molecule has 1 aliphatic heterocycles. The number of aliphatic hydroxyl groups excluding tert-OH is 1. The average Bonchev–Trinajstić information content (AvgIpc) is 3.52. The summed E-state index contributed by atoms with van der Waals surface area (Å²) in [6.45, 7) is 4.11. The van der Waals surface area contributed by atoms with Gasteiger partial charge in [0.15, 0.2) is 11.4 Å². The molecule has 0 bridgehead atoms. The molecule has 3 N–H and O–H groups in total. The van der Waals surface area contributed by atoms with Crippen LogP contribution in [0.3, 0.4) is 0 Å². The number of hydrogen-bond donors (Lipinski definition) is 2. The minimum Gasteiger partial charge on any atom is -0.384 e. The van der Waals surface area contributed by atoms with E-state index >= 15 is 0 Å². The first-order valence-electron chi connectivity index (χ1n) is 12.1. The van der Waals surface area contributed by atoms with Gasteiger partial charge in [0, 0.05) is 30.4 Å². The van der Waals surface area contributed by atoms with Crippen molar-refractivity contribution < 1.29 is 14.7 Å². The third-order valence-electron chi connectivity index (χ3n) is 6.79. The number of fused-ring (bicyclic) bond motifs is 1. The number of piperidine rings is 1. The van der Waals surface area contributed by atoms with Gasteiger partial charge in [-0.3, -0.25) is 9.59 Å². The number of anilines is 1. The Labute approximate surface area is 208 Å². The third-order valence-corrected chi connectivity index (χ3v) is 6.79. The van der Waals surface area contributed by atoms with E-state index in [1.165, 1.54) is 18.4 Å². The molecule has 10 nitrogen and oxygen atoms in total. The zero-order valence-corrected chi connectivity index (χ0v) is 20.3. The van der Waals surface area contributed by atoms with E-state index in [1.54, 1.807) is 22.0 Å². The Hall–Kier alpha value is -4.05. The van der Waals surface area contributed by atoms with Crippen molar-refractivity contribution in [3.8, 4) is 16.8 Å². The molecule has 1 aliphatic rings. The van der Waals surface area contributed by atoms with Crippen molar-refractivity contribution in [2.45, 2.75) is 39.2 Å². The molecule has 1 unspecified atom stereocenters. The quantitative estimate of drug-likeness (QED) is 0.400. The standard InChI is InChI=1S/C26H29N7O3/c1-16(34)23-22(12-18-8-10-31(11-9-18)26(36)17(2)35)30-25-21(14-29-33(25)24(23)27)19-13-28-32(15-19)20-6-4-3-5-7-20/h3-7,13-15,17-18,35H,8-12,27H2,1-2H3. The number of hydrogen-bond acceptors (Lipinski definition) is 7. The van der Waals surface area contributed by atoms with Crippen molar-refractivity contribution >= 4 is 23.2 Å². The molecule has 1 fully saturated rings. The minimum absolute atomic E-state index is 0.160. The summed E-state index contributed by atoms with van der Waals surface area (Å²) in [6.07, 6.45) is 6.46. The first-order valence-corrected chi connectivity index (χ1v) is 12.1. The molecule has 1 amide bonds. The Morgan fingerprint density at radius 3 is 2.53 bits per heavy atom. The highest BCUT2D eigenvalue weighted by molar-refractivity contribution is 6.00. The molecule has 1 aromatic carbocycles. The molecule has 0 aliphatic carbocycles. The number of amides is 1. The molecule has 36 heavy (non-hydrogen) atoms. The summed E-state index contributed by atoms with van der Waals surface area (Å²) in [5.41, 5.74) is 10.6. The van der Waals surface area contributed by atoms with Gasteiger partial charge in [-0.05, 0) is 51.2 Å². The summed E-state index contributed by atoms with van der Waals surface area (Å²) in [5.74, 6) is 0.0998. The van der Waals surface area contributed by atoms with Crippen molar-refractivity contribution in [2.24, 2.45) is 5.92 Å². The van der Waals surface area contributed by atoms with Crippen molar-refractivity contribution in [2.75, 3.05) is 18.8 Å². The summed E-state index contributed by atoms with van der Waals surface area (Å²) in [6, 6.07) is 9.80. The maximum Gasteiger partial charge on any atom is 0.251 e. The first kappa shape index (κ1) is 23.7. The number of nitrogens with zero attached hydrogens (tertiary/aromatic N) is 6. The average molecular weight is 488 g/mol. The van der Waals surface area contributed by atoms with Gasteiger partial charge in [-0.25, -0.2) is 9.67 Å². The molecule has 5 rings (SSSR count). The van der Waals surface area contributed by atoms with Crippen LogP contribution in [0.4, 0.5) is 5.82 Å². The van der Waals surface area contributed by atoms with Crippen LogP contribution in [0, 0.1) is 5.92 Å². The highest BCUT2D eigenvalue weighted by Gasteiger charge is 2.28. The van der Waals surface area contributed by atoms with Gasteiger partial charge in [0.2, 0.25) is 0 Å². The lowest BCUT2D eigenvalue weighted by atomic mass is 9.90. The van der Waals surface area contributed by atoms with E-state index in [9.17, 15) is 14.7 Å². The van der Waals surface area contributed by atoms with Gasteiger partial charge in [0.1, 0.15) is 11.9 Å². The summed E-state index contributed by atoms with van der Waals surface area (Å²) in [5, 5.41) is 18.5. The number of nitrogens with two attached hydrogens (primary N) is 1. The number of aromatic nitrogens is 5. The van der Waals surface area contributed by atoms with E-state index in [-0.39, 0.29) is 23.4 Å². The van der Waals surface area contributed by atoms with Crippen molar-refractivity contribution in [3.05, 3.63) is 60.2 Å². The summed E-state index contributed by atoms with van der Waals surface area (Å²) >= 11 is 0. The number of benzene rings is 1. The van der Waals surface area contributed by atoms with E-state index in [2.05, 4.69) is 10.2 Å². The van der Waals surface area contributed by atoms with Gasteiger partial charge < -0.3 is 15.7 Å². The van der Waals surface area contributed by atoms with E-state index in [4.69, 9.17) is 10.7 Å². The lowest BCUT2D eigenvalue weighted by molar-refractivity contribution is -0.140. The Bertz CT molecular complexity index is 1420. The Morgan fingerprint density at radius 2 is 1.86 bits per heavy atom. The van der Waals surface area contributed by atoms with E-state index < -0.39 is 6.10 Å². The van der Waals surface area contributed by atoms with Crippen LogP contribution in [0.25, 0.3) is 22.5 Å². The molecule has 0 radical (unpaired) electrons. The number of carbonyl (C=O) groups is 2. The van der Waals surface area contributed by atoms with Crippen LogP contribution < -0.4 is 5.73 Å². The van der Waals surface area contributed by atoms with Crippen molar-refractivity contribution in [1.82, 2.24) is 29.3 Å². The third kappa shape index (κ3) is 4.35. The normalized spacial score (nSPS) is 15.4. The number of rotatable bonds is 6. The van der Waals surface area contributed by atoms with Gasteiger partial charge in [-0.1, -0.05) is 18.2 Å². The fraction of sp³-hybridized carbons (Fsp3) is 0.346. The van der Waals surface area contributed by atoms with Gasteiger partial charge in [-0.15, -0.1) is 0 Å². The largest absolute Gasteiger partial charge is 0.384 e. The highest BCUT2D eigenvalue weighted by Crippen LogP contribution is 2.30. The van der Waals surface area contributed by atoms with Gasteiger partial charge >= 0.3 is 0 Å². The second kappa shape index (κ2) is 9.54. The van der Waals surface area contributed by atoms with Gasteiger partial charge in [0.05, 0.1) is 29.3 Å². The smallest absolute Gasteiger partial charge is 0.251 e. The van der Waals surface area contributed by atoms with E-state index in [1.807, 2.05) is 36.5 Å². The fourth-order valence-electron chi connectivity index (χ4n) is 4.88. The van der Waals surface area contributed by atoms with Crippen LogP contribution in [0.5, 0.6) is 0 Å². The zero-order valence-electron chi connectivity index (χ0n) is 20.3. The van der Waals surface area contributed by atoms with Crippen molar-refractivity contribution in [3.63, 3.8) is 0 Å².